The molecule has 4 heteroatoms. The van der Waals surface area contributed by atoms with Gasteiger partial charge in [0.1, 0.15) is 12.4 Å². The van der Waals surface area contributed by atoms with E-state index in [1.54, 1.807) is 0 Å². The summed E-state index contributed by atoms with van der Waals surface area (Å²) < 4.78 is 5.82. The molecule has 3 atom stereocenters. The van der Waals surface area contributed by atoms with Crippen molar-refractivity contribution in [2.24, 2.45) is 11.8 Å². The van der Waals surface area contributed by atoms with Gasteiger partial charge in [0.2, 0.25) is 0 Å². The van der Waals surface area contributed by atoms with E-state index in [0.717, 1.165) is 37.1 Å². The Kier molecular flexibility index (Phi) is 6.29. The van der Waals surface area contributed by atoms with Crippen LogP contribution in [0.2, 0.25) is 0 Å². The minimum Gasteiger partial charge on any atom is -0.489 e. The summed E-state index contributed by atoms with van der Waals surface area (Å²) in [6.07, 6.45) is 2.83. The predicted molar refractivity (Wildman–Crippen MR) is 102 cm³/mol. The van der Waals surface area contributed by atoms with Gasteiger partial charge in [-0.15, -0.1) is 0 Å². The highest BCUT2D eigenvalue weighted by atomic mass is 16.5. The molecule has 2 aromatic rings. The molecule has 3 unspecified atom stereocenters. The molecule has 3 rings (SSSR count). The molecule has 1 fully saturated rings. The Bertz CT molecular complexity index is 699. The van der Waals surface area contributed by atoms with Gasteiger partial charge in [0.15, 0.2) is 0 Å². The molecule has 0 aliphatic heterocycles. The summed E-state index contributed by atoms with van der Waals surface area (Å²) in [5.41, 5.74) is 2.33. The third-order valence-electron chi connectivity index (χ3n) is 5.29. The first-order valence-corrected chi connectivity index (χ1v) is 9.36. The molecule has 2 N–H and O–H groups in total. The molecule has 26 heavy (non-hydrogen) atoms. The average Bonchev–Trinajstić information content (AvgIpc) is 3.15. The quantitative estimate of drug-likeness (QED) is 0.738. The summed E-state index contributed by atoms with van der Waals surface area (Å²) in [6, 6.07) is 18.4. The van der Waals surface area contributed by atoms with Gasteiger partial charge in [-0.25, -0.2) is 0 Å². The number of rotatable bonds is 8. The van der Waals surface area contributed by atoms with Crippen molar-refractivity contribution in [1.82, 2.24) is 5.32 Å². The number of hydrogen-bond acceptors (Lipinski definition) is 3. The van der Waals surface area contributed by atoms with Crippen LogP contribution in [0, 0.1) is 11.8 Å². The topological polar surface area (TPSA) is 58.6 Å². The molecular weight excluding hydrogens is 326 g/mol. The van der Waals surface area contributed by atoms with E-state index in [9.17, 15) is 9.90 Å². The highest BCUT2D eigenvalue weighted by molar-refractivity contribution is 5.70. The lowest BCUT2D eigenvalue weighted by Crippen LogP contribution is -2.30. The first-order chi connectivity index (χ1) is 12.6. The van der Waals surface area contributed by atoms with Crippen LogP contribution >= 0.6 is 0 Å². The summed E-state index contributed by atoms with van der Waals surface area (Å²) >= 11 is 0. The molecule has 0 heterocycles. The zero-order valence-electron chi connectivity index (χ0n) is 15.2. The molecular formula is C22H27NO3. The Labute approximate surface area is 155 Å². The van der Waals surface area contributed by atoms with Crippen LogP contribution in [0.25, 0.3) is 0 Å². The number of carbonyl (C=O) groups is 1. The number of carboxylic acids is 1. The first-order valence-electron chi connectivity index (χ1n) is 9.36. The van der Waals surface area contributed by atoms with Gasteiger partial charge in [-0.3, -0.25) is 4.79 Å². The van der Waals surface area contributed by atoms with Crippen molar-refractivity contribution in [3.8, 4) is 5.75 Å². The first kappa shape index (κ1) is 18.5. The maximum atomic E-state index is 11.3. The summed E-state index contributed by atoms with van der Waals surface area (Å²) in [4.78, 5) is 11.3. The average molecular weight is 353 g/mol. The van der Waals surface area contributed by atoms with E-state index in [1.807, 2.05) is 42.5 Å². The Morgan fingerprint density at radius 3 is 2.58 bits per heavy atom. The summed E-state index contributed by atoms with van der Waals surface area (Å²) in [5.74, 6) is 0.250. The maximum Gasteiger partial charge on any atom is 0.306 e. The largest absolute Gasteiger partial charge is 0.489 e. The van der Waals surface area contributed by atoms with Crippen molar-refractivity contribution in [3.63, 3.8) is 0 Å². The van der Waals surface area contributed by atoms with E-state index in [0.29, 0.717) is 6.61 Å². The number of carboxylic acid groups (broad SMARTS) is 1. The zero-order chi connectivity index (χ0) is 18.4. The molecule has 0 spiro atoms. The maximum absolute atomic E-state index is 11.3. The van der Waals surface area contributed by atoms with E-state index in [4.69, 9.17) is 4.74 Å². The number of hydrogen-bond donors (Lipinski definition) is 2. The van der Waals surface area contributed by atoms with Crippen molar-refractivity contribution >= 4 is 5.97 Å². The monoisotopic (exact) mass is 353 g/mol. The molecule has 0 aromatic heterocycles. The number of benzene rings is 2. The van der Waals surface area contributed by atoms with E-state index < -0.39 is 5.97 Å². The molecule has 138 valence electrons. The third kappa shape index (κ3) is 4.85. The van der Waals surface area contributed by atoms with Gasteiger partial charge in [-0.1, -0.05) is 48.9 Å². The molecule has 0 bridgehead atoms. The van der Waals surface area contributed by atoms with E-state index in [1.165, 1.54) is 5.56 Å². The summed E-state index contributed by atoms with van der Waals surface area (Å²) in [7, 11) is 0. The zero-order valence-corrected chi connectivity index (χ0v) is 15.2. The molecule has 1 aliphatic rings. The van der Waals surface area contributed by atoms with Crippen molar-refractivity contribution in [2.75, 3.05) is 6.54 Å². The lowest BCUT2D eigenvalue weighted by atomic mass is 9.95. The minimum atomic E-state index is -0.651. The summed E-state index contributed by atoms with van der Waals surface area (Å²) in [5, 5.41) is 12.8. The molecule has 4 nitrogen and oxygen atoms in total. The van der Waals surface area contributed by atoms with Gasteiger partial charge >= 0.3 is 5.97 Å². The Balaban J connectivity index is 1.49. The van der Waals surface area contributed by atoms with E-state index >= 15 is 0 Å². The van der Waals surface area contributed by atoms with Crippen LogP contribution in [-0.4, -0.2) is 17.6 Å². The summed E-state index contributed by atoms with van der Waals surface area (Å²) in [6.45, 7) is 3.43. The lowest BCUT2D eigenvalue weighted by molar-refractivity contribution is -0.142. The van der Waals surface area contributed by atoms with Crippen LogP contribution in [0.15, 0.2) is 54.6 Å². The lowest BCUT2D eigenvalue weighted by Gasteiger charge is -2.20. The number of aliphatic carboxylic acids is 1. The second-order valence-electron chi connectivity index (χ2n) is 7.11. The van der Waals surface area contributed by atoms with Crippen molar-refractivity contribution < 1.29 is 14.6 Å². The van der Waals surface area contributed by atoms with Crippen LogP contribution in [0.1, 0.15) is 43.4 Å². The van der Waals surface area contributed by atoms with Crippen molar-refractivity contribution in [2.45, 2.75) is 38.8 Å². The fourth-order valence-electron chi connectivity index (χ4n) is 3.65. The Morgan fingerprint density at radius 1 is 1.15 bits per heavy atom. The third-order valence-corrected chi connectivity index (χ3v) is 5.29. The van der Waals surface area contributed by atoms with Gasteiger partial charge in [0, 0.05) is 6.04 Å². The van der Waals surface area contributed by atoms with Crippen LogP contribution in [-0.2, 0) is 11.4 Å². The number of nitrogens with one attached hydrogen (secondary N) is 1. The van der Waals surface area contributed by atoms with Crippen LogP contribution in [0.5, 0.6) is 5.75 Å². The van der Waals surface area contributed by atoms with Gasteiger partial charge in [0.05, 0.1) is 5.92 Å². The molecule has 0 radical (unpaired) electrons. The fraction of sp³-hybridized carbons (Fsp3) is 0.409. The molecule has 1 saturated carbocycles. The smallest absolute Gasteiger partial charge is 0.306 e. The SMILES string of the molecule is CC(NCC1CCCC1C(=O)O)c1ccc(OCc2ccccc2)cc1. The molecule has 0 amide bonds. The highest BCUT2D eigenvalue weighted by Gasteiger charge is 2.32. The van der Waals surface area contributed by atoms with Crippen molar-refractivity contribution in [3.05, 3.63) is 65.7 Å². The Hall–Kier alpha value is -2.33. The second-order valence-corrected chi connectivity index (χ2v) is 7.11. The molecule has 2 aromatic carbocycles. The van der Waals surface area contributed by atoms with Gasteiger partial charge in [0.25, 0.3) is 0 Å². The highest BCUT2D eigenvalue weighted by Crippen LogP contribution is 2.32. The van der Waals surface area contributed by atoms with Gasteiger partial charge < -0.3 is 15.2 Å². The molecule has 1 aliphatic carbocycles. The Morgan fingerprint density at radius 2 is 1.88 bits per heavy atom. The standard InChI is InChI=1S/C22H27NO3/c1-16(23-14-19-8-5-9-21(19)22(24)25)18-10-12-20(13-11-18)26-15-17-6-3-2-4-7-17/h2-4,6-7,10-13,16,19,21,23H,5,8-9,14-15H2,1H3,(H,24,25). The van der Waals surface area contributed by atoms with Crippen LogP contribution in [0.4, 0.5) is 0 Å². The van der Waals surface area contributed by atoms with Gasteiger partial charge in [-0.05, 0) is 55.5 Å². The van der Waals surface area contributed by atoms with E-state index in [-0.39, 0.29) is 17.9 Å². The van der Waals surface area contributed by atoms with Crippen molar-refractivity contribution in [1.29, 1.82) is 0 Å². The second kappa shape index (κ2) is 8.86. The number of ether oxygens (including phenoxy) is 1. The van der Waals surface area contributed by atoms with E-state index in [2.05, 4.69) is 24.4 Å². The van der Waals surface area contributed by atoms with Gasteiger partial charge in [-0.2, -0.15) is 0 Å². The fourth-order valence-corrected chi connectivity index (χ4v) is 3.65. The van der Waals surface area contributed by atoms with Crippen LogP contribution < -0.4 is 10.1 Å². The minimum absolute atomic E-state index is 0.188. The predicted octanol–water partition coefficient (Wildman–Crippen LogP) is 4.42. The molecule has 0 saturated heterocycles. The van der Waals surface area contributed by atoms with Crippen LogP contribution in [0.3, 0.4) is 0 Å². The normalized spacial score (nSPS) is 20.7.